The van der Waals surface area contributed by atoms with Gasteiger partial charge in [-0.25, -0.2) is 0 Å². The van der Waals surface area contributed by atoms with Gasteiger partial charge in [-0.1, -0.05) is 38.5 Å². The first kappa shape index (κ1) is 15.9. The van der Waals surface area contributed by atoms with Gasteiger partial charge in [-0.05, 0) is 45.1 Å². The van der Waals surface area contributed by atoms with E-state index in [1.165, 1.54) is 68.2 Å². The van der Waals surface area contributed by atoms with E-state index in [0.29, 0.717) is 0 Å². The van der Waals surface area contributed by atoms with Crippen molar-refractivity contribution in [3.05, 3.63) is 22.5 Å². The van der Waals surface area contributed by atoms with Gasteiger partial charge in [0.1, 0.15) is 5.71 Å². The van der Waals surface area contributed by atoms with Crippen LogP contribution in [-0.2, 0) is 0 Å². The lowest BCUT2D eigenvalue weighted by atomic mass is 9.92. The van der Waals surface area contributed by atoms with Crippen LogP contribution in [-0.4, -0.2) is 5.71 Å². The summed E-state index contributed by atoms with van der Waals surface area (Å²) in [5.74, 6) is 5.71. The molecule has 4 heteroatoms. The zero-order valence-electron chi connectivity index (χ0n) is 13.6. The third-order valence-corrected chi connectivity index (χ3v) is 4.46. The molecule has 0 aromatic heterocycles. The number of hydrogen-bond donors (Lipinski definition) is 3. The number of nitrogens with zero attached hydrogens (tertiary/aromatic N) is 1. The van der Waals surface area contributed by atoms with Gasteiger partial charge < -0.3 is 11.3 Å². The van der Waals surface area contributed by atoms with Gasteiger partial charge >= 0.3 is 0 Å². The van der Waals surface area contributed by atoms with E-state index in [1.807, 2.05) is 0 Å². The maximum atomic E-state index is 5.71. The molecule has 0 radical (unpaired) electrons. The molecule has 0 amide bonds. The van der Waals surface area contributed by atoms with Crippen LogP contribution in [0, 0.1) is 0 Å². The summed E-state index contributed by atoms with van der Waals surface area (Å²) in [7, 11) is 0. The van der Waals surface area contributed by atoms with E-state index in [-0.39, 0.29) is 0 Å². The van der Waals surface area contributed by atoms with Gasteiger partial charge in [0, 0.05) is 11.3 Å². The van der Waals surface area contributed by atoms with Crippen LogP contribution in [0.3, 0.4) is 0 Å². The Morgan fingerprint density at radius 1 is 0.857 bits per heavy atom. The number of nitrogens with two attached hydrogens (primary N) is 1. The predicted molar refractivity (Wildman–Crippen MR) is 89.5 cm³/mol. The molecule has 2 aliphatic rings. The molecule has 0 aromatic rings. The van der Waals surface area contributed by atoms with Crippen molar-refractivity contribution in [3.8, 4) is 0 Å². The summed E-state index contributed by atoms with van der Waals surface area (Å²) in [6.07, 6.45) is 12.8. The molecule has 0 unspecified atom stereocenters. The lowest BCUT2D eigenvalue weighted by Gasteiger charge is -2.28. The largest absolute Gasteiger partial charge is 0.323 e. The second-order valence-corrected chi connectivity index (χ2v) is 6.39. The Bertz CT molecular complexity index is 442. The number of hydrogen-bond acceptors (Lipinski definition) is 4. The topological polar surface area (TPSA) is 62.4 Å². The van der Waals surface area contributed by atoms with E-state index in [9.17, 15) is 0 Å². The minimum Gasteiger partial charge on any atom is -0.323 e. The fourth-order valence-electron chi connectivity index (χ4n) is 3.22. The molecule has 4 N–H and O–H groups in total. The van der Waals surface area contributed by atoms with Gasteiger partial charge in [0.25, 0.3) is 0 Å². The Morgan fingerprint density at radius 3 is 2.00 bits per heavy atom. The third-order valence-electron chi connectivity index (χ3n) is 4.46. The van der Waals surface area contributed by atoms with Gasteiger partial charge in [0.2, 0.25) is 0 Å². The second kappa shape index (κ2) is 8.11. The lowest BCUT2D eigenvalue weighted by molar-refractivity contribution is 0.540. The second-order valence-electron chi connectivity index (χ2n) is 6.39. The van der Waals surface area contributed by atoms with Crippen LogP contribution in [0.4, 0.5) is 0 Å². The molecule has 0 saturated carbocycles. The fraction of sp³-hybridized carbons (Fsp3) is 0.706. The maximum absolute atomic E-state index is 5.71. The van der Waals surface area contributed by atoms with Crippen molar-refractivity contribution in [3.63, 3.8) is 0 Å². The van der Waals surface area contributed by atoms with Crippen LogP contribution in [0.5, 0.6) is 0 Å². The molecular weight excluding hydrogens is 260 g/mol. The summed E-state index contributed by atoms with van der Waals surface area (Å²) in [5.41, 5.74) is 12.5. The minimum atomic E-state index is 0.959. The molecule has 118 valence electrons. The van der Waals surface area contributed by atoms with E-state index in [2.05, 4.69) is 29.8 Å². The minimum absolute atomic E-state index is 0.959. The van der Waals surface area contributed by atoms with Crippen molar-refractivity contribution in [2.24, 2.45) is 10.9 Å². The predicted octanol–water partition coefficient (Wildman–Crippen LogP) is 3.87. The van der Waals surface area contributed by atoms with Crippen molar-refractivity contribution in [2.45, 2.75) is 78.1 Å². The summed E-state index contributed by atoms with van der Waals surface area (Å²) in [6.45, 7) is 4.19. The number of hydrazone groups is 1. The molecule has 21 heavy (non-hydrogen) atoms. The highest BCUT2D eigenvalue weighted by atomic mass is 15.4. The van der Waals surface area contributed by atoms with Crippen LogP contribution in [0.15, 0.2) is 27.6 Å². The van der Waals surface area contributed by atoms with Crippen LogP contribution < -0.4 is 16.7 Å². The Balaban J connectivity index is 2.23. The fourth-order valence-corrected chi connectivity index (χ4v) is 3.22. The quantitative estimate of drug-likeness (QED) is 0.469. The van der Waals surface area contributed by atoms with Crippen molar-refractivity contribution >= 4 is 5.71 Å². The number of hydrazine groups is 1. The standard InChI is InChI=1S/C17H30N4/c1-13(2)16-17(19-18)14-11-9-7-5-3-4-6-8-10-12-15(14)20-21-16/h20-21H,3-12,18H2,1-2H3. The van der Waals surface area contributed by atoms with E-state index in [1.54, 1.807) is 0 Å². The zero-order chi connectivity index (χ0) is 15.1. The Kier molecular flexibility index (Phi) is 6.15. The van der Waals surface area contributed by atoms with Crippen LogP contribution in [0.2, 0.25) is 0 Å². The molecule has 2 rings (SSSR count). The Labute approximate surface area is 128 Å². The highest BCUT2D eigenvalue weighted by molar-refractivity contribution is 6.13. The van der Waals surface area contributed by atoms with Crippen LogP contribution in [0.25, 0.3) is 0 Å². The van der Waals surface area contributed by atoms with Gasteiger partial charge in [-0.15, -0.1) is 0 Å². The summed E-state index contributed by atoms with van der Waals surface area (Å²) in [5, 5.41) is 4.10. The average molecular weight is 290 g/mol. The summed E-state index contributed by atoms with van der Waals surface area (Å²) in [6, 6.07) is 0. The molecule has 1 aliphatic carbocycles. The molecule has 1 aliphatic heterocycles. The monoisotopic (exact) mass is 290 g/mol. The maximum Gasteiger partial charge on any atom is 0.112 e. The molecule has 0 atom stereocenters. The normalized spacial score (nSPS) is 23.5. The van der Waals surface area contributed by atoms with Gasteiger partial charge in [0.15, 0.2) is 0 Å². The highest BCUT2D eigenvalue weighted by Gasteiger charge is 2.23. The first-order valence-corrected chi connectivity index (χ1v) is 8.44. The van der Waals surface area contributed by atoms with Gasteiger partial charge in [-0.3, -0.25) is 5.43 Å². The smallest absolute Gasteiger partial charge is 0.112 e. The first-order chi connectivity index (χ1) is 10.2. The van der Waals surface area contributed by atoms with E-state index in [0.717, 1.165) is 24.3 Å². The van der Waals surface area contributed by atoms with Gasteiger partial charge in [-0.2, -0.15) is 5.10 Å². The molecule has 4 nitrogen and oxygen atoms in total. The van der Waals surface area contributed by atoms with Crippen molar-refractivity contribution in [1.29, 1.82) is 0 Å². The number of allylic oxidation sites excluding steroid dienone is 3. The van der Waals surface area contributed by atoms with Gasteiger partial charge in [0.05, 0.1) is 5.70 Å². The third kappa shape index (κ3) is 4.26. The average Bonchev–Trinajstić information content (AvgIpc) is 2.46. The van der Waals surface area contributed by atoms with Crippen molar-refractivity contribution in [2.75, 3.05) is 0 Å². The lowest BCUT2D eigenvalue weighted by Crippen LogP contribution is -2.41. The van der Waals surface area contributed by atoms with Crippen LogP contribution in [0.1, 0.15) is 78.1 Å². The molecule has 0 spiro atoms. The van der Waals surface area contributed by atoms with E-state index in [4.69, 9.17) is 5.84 Å². The van der Waals surface area contributed by atoms with Crippen LogP contribution >= 0.6 is 0 Å². The Hall–Kier alpha value is -1.45. The number of rotatable bonds is 0. The van der Waals surface area contributed by atoms with Crippen molar-refractivity contribution in [1.82, 2.24) is 10.9 Å². The summed E-state index contributed by atoms with van der Waals surface area (Å²) < 4.78 is 0. The van der Waals surface area contributed by atoms with E-state index >= 15 is 0 Å². The summed E-state index contributed by atoms with van der Waals surface area (Å²) >= 11 is 0. The van der Waals surface area contributed by atoms with Crippen molar-refractivity contribution < 1.29 is 0 Å². The SMILES string of the molecule is CC(C)=C1NNC2=C(CCCCCCCCCC2)C1=NN. The molecular formula is C17H30N4. The zero-order valence-corrected chi connectivity index (χ0v) is 13.6. The Morgan fingerprint density at radius 2 is 1.43 bits per heavy atom. The van der Waals surface area contributed by atoms with E-state index < -0.39 is 0 Å². The number of nitrogens with one attached hydrogen (secondary N) is 2. The summed E-state index contributed by atoms with van der Waals surface area (Å²) in [4.78, 5) is 0. The molecule has 0 saturated heterocycles. The first-order valence-electron chi connectivity index (χ1n) is 8.44. The molecule has 0 bridgehead atoms. The molecule has 0 aromatic carbocycles. The highest BCUT2D eigenvalue weighted by Crippen LogP contribution is 2.26. The molecule has 1 heterocycles. The molecule has 0 fully saturated rings.